The summed E-state index contributed by atoms with van der Waals surface area (Å²) in [5.74, 6) is -1.15. The summed E-state index contributed by atoms with van der Waals surface area (Å²) in [4.78, 5) is 22.4. The van der Waals surface area contributed by atoms with E-state index >= 15 is 0 Å². The highest BCUT2D eigenvalue weighted by atomic mass is 127. The summed E-state index contributed by atoms with van der Waals surface area (Å²) in [6.45, 7) is 3.59. The second-order valence-corrected chi connectivity index (χ2v) is 5.12. The number of rotatable bonds is 4. The highest BCUT2D eigenvalue weighted by molar-refractivity contribution is 14.1. The van der Waals surface area contributed by atoms with Gasteiger partial charge in [0.15, 0.2) is 0 Å². The van der Waals surface area contributed by atoms with Gasteiger partial charge in [-0.15, -0.1) is 0 Å². The molecule has 0 aliphatic carbocycles. The van der Waals surface area contributed by atoms with Crippen LogP contribution >= 0.6 is 22.6 Å². The lowest BCUT2D eigenvalue weighted by Gasteiger charge is -2.12. The molecule has 0 saturated heterocycles. The quantitative estimate of drug-likeness (QED) is 0.821. The molecule has 1 amide bonds. The number of aryl methyl sites for hydroxylation is 1. The Bertz CT molecular complexity index is 445. The summed E-state index contributed by atoms with van der Waals surface area (Å²) in [5, 5.41) is 11.3. The van der Waals surface area contributed by atoms with E-state index in [2.05, 4.69) is 27.9 Å². The number of carbonyl (C=O) groups is 2. The zero-order valence-electron chi connectivity index (χ0n) is 9.66. The van der Waals surface area contributed by atoms with Gasteiger partial charge in [-0.05, 0) is 48.6 Å². The lowest BCUT2D eigenvalue weighted by Crippen LogP contribution is -2.34. The largest absolute Gasteiger partial charge is 0.481 e. The minimum absolute atomic E-state index is 0.0753. The van der Waals surface area contributed by atoms with Gasteiger partial charge in [-0.2, -0.15) is 0 Å². The molecule has 0 fully saturated rings. The fourth-order valence-electron chi connectivity index (χ4n) is 1.43. The standard InChI is InChI=1S/C12H14INO3/c1-7-3-4-10(13)9(5-7)12(17)14-8(2)6-11(15)16/h3-5,8H,6H2,1-2H3,(H,14,17)(H,15,16). The Balaban J connectivity index is 2.76. The van der Waals surface area contributed by atoms with Crippen LogP contribution in [0, 0.1) is 10.5 Å². The summed E-state index contributed by atoms with van der Waals surface area (Å²) in [6.07, 6.45) is -0.0753. The Morgan fingerprint density at radius 2 is 2.12 bits per heavy atom. The zero-order valence-corrected chi connectivity index (χ0v) is 11.8. The average Bonchev–Trinajstić information content (AvgIpc) is 2.20. The number of aliphatic carboxylic acids is 1. The lowest BCUT2D eigenvalue weighted by atomic mass is 10.1. The summed E-state index contributed by atoms with van der Waals surface area (Å²) in [7, 11) is 0. The van der Waals surface area contributed by atoms with E-state index < -0.39 is 5.97 Å². The van der Waals surface area contributed by atoms with Crippen molar-refractivity contribution in [3.8, 4) is 0 Å². The Hall–Kier alpha value is -1.11. The minimum atomic E-state index is -0.920. The predicted molar refractivity (Wildman–Crippen MR) is 73.1 cm³/mol. The third-order valence-electron chi connectivity index (χ3n) is 2.22. The monoisotopic (exact) mass is 347 g/mol. The topological polar surface area (TPSA) is 66.4 Å². The minimum Gasteiger partial charge on any atom is -0.481 e. The van der Waals surface area contributed by atoms with E-state index in [1.807, 2.05) is 19.1 Å². The Morgan fingerprint density at radius 3 is 2.71 bits per heavy atom. The molecular formula is C12H14INO3. The van der Waals surface area contributed by atoms with Crippen molar-refractivity contribution in [2.45, 2.75) is 26.3 Å². The molecule has 0 radical (unpaired) electrons. The van der Waals surface area contributed by atoms with Gasteiger partial charge in [0.1, 0.15) is 0 Å². The highest BCUT2D eigenvalue weighted by Gasteiger charge is 2.14. The molecular weight excluding hydrogens is 333 g/mol. The molecule has 4 nitrogen and oxygen atoms in total. The van der Waals surface area contributed by atoms with Crippen LogP contribution in [-0.2, 0) is 4.79 Å². The van der Waals surface area contributed by atoms with Gasteiger partial charge >= 0.3 is 5.97 Å². The van der Waals surface area contributed by atoms with Crippen LogP contribution in [0.1, 0.15) is 29.3 Å². The number of carboxylic acids is 1. The van der Waals surface area contributed by atoms with Gasteiger partial charge in [0, 0.05) is 9.61 Å². The molecule has 92 valence electrons. The highest BCUT2D eigenvalue weighted by Crippen LogP contribution is 2.14. The lowest BCUT2D eigenvalue weighted by molar-refractivity contribution is -0.137. The van der Waals surface area contributed by atoms with Crippen molar-refractivity contribution >= 4 is 34.5 Å². The normalized spacial score (nSPS) is 11.9. The van der Waals surface area contributed by atoms with Crippen molar-refractivity contribution < 1.29 is 14.7 Å². The maximum Gasteiger partial charge on any atom is 0.305 e. The number of halogens is 1. The van der Waals surface area contributed by atoms with Crippen LogP contribution in [0.25, 0.3) is 0 Å². The van der Waals surface area contributed by atoms with Crippen LogP contribution in [0.2, 0.25) is 0 Å². The first-order valence-corrected chi connectivity index (χ1v) is 6.27. The number of hydrogen-bond acceptors (Lipinski definition) is 2. The van der Waals surface area contributed by atoms with Crippen molar-refractivity contribution in [3.05, 3.63) is 32.9 Å². The molecule has 0 saturated carbocycles. The number of amides is 1. The Kier molecular flexibility index (Phi) is 4.92. The SMILES string of the molecule is Cc1ccc(I)c(C(=O)NC(C)CC(=O)O)c1. The van der Waals surface area contributed by atoms with Gasteiger partial charge < -0.3 is 10.4 Å². The van der Waals surface area contributed by atoms with E-state index in [1.54, 1.807) is 13.0 Å². The molecule has 5 heteroatoms. The number of carbonyl (C=O) groups excluding carboxylic acids is 1. The molecule has 1 aromatic rings. The molecule has 1 unspecified atom stereocenters. The Labute approximate surface area is 114 Å². The van der Waals surface area contributed by atoms with E-state index in [0.29, 0.717) is 5.56 Å². The van der Waals surface area contributed by atoms with Crippen molar-refractivity contribution in [1.29, 1.82) is 0 Å². The summed E-state index contributed by atoms with van der Waals surface area (Å²) >= 11 is 2.09. The van der Waals surface area contributed by atoms with Gasteiger partial charge in [-0.1, -0.05) is 11.6 Å². The van der Waals surface area contributed by atoms with Gasteiger partial charge in [0.05, 0.1) is 12.0 Å². The first-order valence-electron chi connectivity index (χ1n) is 5.19. The molecule has 0 heterocycles. The predicted octanol–water partition coefficient (Wildman–Crippen LogP) is 2.19. The third kappa shape index (κ3) is 4.33. The first-order chi connectivity index (χ1) is 7.90. The molecule has 0 spiro atoms. The van der Waals surface area contributed by atoms with Gasteiger partial charge in [-0.25, -0.2) is 0 Å². The number of nitrogens with one attached hydrogen (secondary N) is 1. The van der Waals surface area contributed by atoms with E-state index in [1.165, 1.54) is 0 Å². The molecule has 0 aliphatic heterocycles. The molecule has 17 heavy (non-hydrogen) atoms. The van der Waals surface area contributed by atoms with Crippen molar-refractivity contribution in [2.24, 2.45) is 0 Å². The van der Waals surface area contributed by atoms with E-state index in [0.717, 1.165) is 9.13 Å². The van der Waals surface area contributed by atoms with Crippen molar-refractivity contribution in [1.82, 2.24) is 5.32 Å². The van der Waals surface area contributed by atoms with E-state index in [-0.39, 0.29) is 18.4 Å². The summed E-state index contributed by atoms with van der Waals surface area (Å²) in [6, 6.07) is 5.22. The third-order valence-corrected chi connectivity index (χ3v) is 3.17. The van der Waals surface area contributed by atoms with Crippen LogP contribution < -0.4 is 5.32 Å². The van der Waals surface area contributed by atoms with Crippen molar-refractivity contribution in [2.75, 3.05) is 0 Å². The maximum absolute atomic E-state index is 11.9. The van der Waals surface area contributed by atoms with E-state index in [9.17, 15) is 9.59 Å². The van der Waals surface area contributed by atoms with Crippen molar-refractivity contribution in [3.63, 3.8) is 0 Å². The molecule has 1 rings (SSSR count). The van der Waals surface area contributed by atoms with Crippen LogP contribution in [0.3, 0.4) is 0 Å². The molecule has 0 aromatic heterocycles. The summed E-state index contributed by atoms with van der Waals surface area (Å²) < 4.78 is 0.855. The van der Waals surface area contributed by atoms with Crippen LogP contribution in [0.5, 0.6) is 0 Å². The molecule has 0 aliphatic rings. The van der Waals surface area contributed by atoms with Crippen LogP contribution in [-0.4, -0.2) is 23.0 Å². The second kappa shape index (κ2) is 6.00. The number of carboxylic acid groups (broad SMARTS) is 1. The maximum atomic E-state index is 11.9. The molecule has 2 N–H and O–H groups in total. The second-order valence-electron chi connectivity index (χ2n) is 3.96. The average molecular weight is 347 g/mol. The number of benzene rings is 1. The molecule has 1 atom stereocenters. The zero-order chi connectivity index (χ0) is 13.0. The van der Waals surface area contributed by atoms with Gasteiger partial charge in [-0.3, -0.25) is 9.59 Å². The smallest absolute Gasteiger partial charge is 0.305 e. The van der Waals surface area contributed by atoms with Gasteiger partial charge in [0.25, 0.3) is 5.91 Å². The number of hydrogen-bond donors (Lipinski definition) is 2. The molecule has 0 bridgehead atoms. The fraction of sp³-hybridized carbons (Fsp3) is 0.333. The fourth-order valence-corrected chi connectivity index (χ4v) is 2.01. The molecule has 1 aromatic carbocycles. The first kappa shape index (κ1) is 14.0. The van der Waals surface area contributed by atoms with E-state index in [4.69, 9.17) is 5.11 Å². The Morgan fingerprint density at radius 1 is 1.47 bits per heavy atom. The van der Waals surface area contributed by atoms with Crippen LogP contribution in [0.15, 0.2) is 18.2 Å². The van der Waals surface area contributed by atoms with Gasteiger partial charge in [0.2, 0.25) is 0 Å². The summed E-state index contributed by atoms with van der Waals surface area (Å²) in [5.41, 5.74) is 1.59. The van der Waals surface area contributed by atoms with Crippen LogP contribution in [0.4, 0.5) is 0 Å².